The van der Waals surface area contributed by atoms with E-state index in [-0.39, 0.29) is 6.04 Å². The second-order valence-electron chi connectivity index (χ2n) is 7.09. The third-order valence-electron chi connectivity index (χ3n) is 5.27. The van der Waals surface area contributed by atoms with Crippen LogP contribution in [0.25, 0.3) is 10.4 Å². The zero-order valence-corrected chi connectivity index (χ0v) is 14.8. The standard InChI is InChI=1S/C21H26N4/c1-17-14-20(12-13-21(17)23-24-22)25(15-18-8-4-2-5-9-18)16-19-10-6-3-7-11-19/h2-11,17,20-21H,12-16H2,1H3. The lowest BCUT2D eigenvalue weighted by atomic mass is 9.82. The Bertz CT molecular complexity index is 653. The van der Waals surface area contributed by atoms with Crippen molar-refractivity contribution in [2.45, 2.75) is 51.4 Å². The molecule has 0 saturated heterocycles. The van der Waals surface area contributed by atoms with Crippen LogP contribution in [-0.4, -0.2) is 17.0 Å². The smallest absolute Gasteiger partial charge is 0.0400 e. The van der Waals surface area contributed by atoms with Crippen molar-refractivity contribution in [3.05, 3.63) is 82.2 Å². The largest absolute Gasteiger partial charge is 0.292 e. The van der Waals surface area contributed by atoms with Crippen LogP contribution in [0.5, 0.6) is 0 Å². The van der Waals surface area contributed by atoms with Gasteiger partial charge >= 0.3 is 0 Å². The van der Waals surface area contributed by atoms with Crippen LogP contribution in [-0.2, 0) is 13.1 Å². The Kier molecular flexibility index (Phi) is 6.10. The van der Waals surface area contributed by atoms with Crippen LogP contribution >= 0.6 is 0 Å². The van der Waals surface area contributed by atoms with Gasteiger partial charge in [-0.05, 0) is 41.8 Å². The van der Waals surface area contributed by atoms with E-state index < -0.39 is 0 Å². The van der Waals surface area contributed by atoms with Crippen molar-refractivity contribution < 1.29 is 0 Å². The molecule has 0 radical (unpaired) electrons. The molecule has 25 heavy (non-hydrogen) atoms. The second-order valence-corrected chi connectivity index (χ2v) is 7.09. The Morgan fingerprint density at radius 2 is 1.52 bits per heavy atom. The van der Waals surface area contributed by atoms with Crippen LogP contribution in [0.4, 0.5) is 0 Å². The van der Waals surface area contributed by atoms with Gasteiger partial charge in [0.25, 0.3) is 0 Å². The van der Waals surface area contributed by atoms with E-state index in [1.807, 2.05) is 0 Å². The maximum atomic E-state index is 8.75. The minimum Gasteiger partial charge on any atom is -0.292 e. The van der Waals surface area contributed by atoms with Gasteiger partial charge in [-0.1, -0.05) is 72.7 Å². The highest BCUT2D eigenvalue weighted by molar-refractivity contribution is 5.17. The predicted octanol–water partition coefficient (Wildman–Crippen LogP) is 5.56. The summed E-state index contributed by atoms with van der Waals surface area (Å²) in [5.74, 6) is 0.434. The molecule has 130 valence electrons. The van der Waals surface area contributed by atoms with Crippen molar-refractivity contribution >= 4 is 0 Å². The first-order chi connectivity index (χ1) is 12.3. The Balaban J connectivity index is 1.75. The molecule has 0 amide bonds. The summed E-state index contributed by atoms with van der Waals surface area (Å²) in [4.78, 5) is 5.62. The van der Waals surface area contributed by atoms with Gasteiger partial charge in [-0.2, -0.15) is 0 Å². The summed E-state index contributed by atoms with van der Waals surface area (Å²) in [5.41, 5.74) is 11.4. The van der Waals surface area contributed by atoms with Gasteiger partial charge in [0, 0.05) is 30.1 Å². The monoisotopic (exact) mass is 334 g/mol. The molecule has 0 bridgehead atoms. The van der Waals surface area contributed by atoms with Crippen LogP contribution in [0, 0.1) is 5.92 Å². The van der Waals surface area contributed by atoms with Gasteiger partial charge < -0.3 is 0 Å². The average Bonchev–Trinajstić information content (AvgIpc) is 2.65. The minimum absolute atomic E-state index is 0.150. The van der Waals surface area contributed by atoms with Crippen LogP contribution in [0.2, 0.25) is 0 Å². The summed E-state index contributed by atoms with van der Waals surface area (Å²) >= 11 is 0. The SMILES string of the molecule is CC1CC(N(Cc2ccccc2)Cc2ccccc2)CCC1N=[N+]=[N-]. The molecule has 4 heteroatoms. The predicted molar refractivity (Wildman–Crippen MR) is 102 cm³/mol. The van der Waals surface area contributed by atoms with Gasteiger partial charge in [-0.3, -0.25) is 4.90 Å². The molecule has 1 saturated carbocycles. The Morgan fingerprint density at radius 1 is 0.960 bits per heavy atom. The molecule has 0 aliphatic heterocycles. The van der Waals surface area contributed by atoms with E-state index in [0.29, 0.717) is 12.0 Å². The minimum atomic E-state index is 0.150. The summed E-state index contributed by atoms with van der Waals surface area (Å²) in [6, 6.07) is 22.1. The fourth-order valence-corrected chi connectivity index (χ4v) is 3.87. The lowest BCUT2D eigenvalue weighted by molar-refractivity contribution is 0.110. The van der Waals surface area contributed by atoms with Gasteiger partial charge in [0.1, 0.15) is 0 Å². The number of azide groups is 1. The molecule has 0 aromatic heterocycles. The van der Waals surface area contributed by atoms with Crippen molar-refractivity contribution in [1.82, 2.24) is 4.90 Å². The molecule has 3 rings (SSSR count). The summed E-state index contributed by atoms with van der Waals surface area (Å²) in [6.07, 6.45) is 3.16. The molecule has 2 aromatic carbocycles. The van der Waals surface area contributed by atoms with E-state index in [2.05, 4.69) is 82.5 Å². The lowest BCUT2D eigenvalue weighted by Gasteiger charge is -2.39. The highest BCUT2D eigenvalue weighted by Gasteiger charge is 2.30. The number of hydrogen-bond acceptors (Lipinski definition) is 2. The third kappa shape index (κ3) is 4.85. The van der Waals surface area contributed by atoms with E-state index in [1.165, 1.54) is 11.1 Å². The molecule has 1 aliphatic carbocycles. The van der Waals surface area contributed by atoms with E-state index in [9.17, 15) is 0 Å². The Hall–Kier alpha value is -2.29. The van der Waals surface area contributed by atoms with Crippen LogP contribution in [0.1, 0.15) is 37.3 Å². The summed E-state index contributed by atoms with van der Waals surface area (Å²) in [6.45, 7) is 4.13. The third-order valence-corrected chi connectivity index (χ3v) is 5.27. The maximum absolute atomic E-state index is 8.75. The molecule has 2 aromatic rings. The zero-order valence-electron chi connectivity index (χ0n) is 14.8. The molecule has 3 atom stereocenters. The van der Waals surface area contributed by atoms with E-state index in [0.717, 1.165) is 32.4 Å². The number of hydrogen-bond donors (Lipinski definition) is 0. The molecule has 1 aliphatic rings. The lowest BCUT2D eigenvalue weighted by Crippen LogP contribution is -2.41. The number of rotatable bonds is 6. The zero-order chi connectivity index (χ0) is 17.5. The first kappa shape index (κ1) is 17.5. The molecule has 0 spiro atoms. The van der Waals surface area contributed by atoms with Gasteiger partial charge in [-0.15, -0.1) is 0 Å². The molecule has 0 heterocycles. The van der Waals surface area contributed by atoms with E-state index in [1.54, 1.807) is 0 Å². The molecule has 4 nitrogen and oxygen atoms in total. The first-order valence-corrected chi connectivity index (χ1v) is 9.12. The van der Waals surface area contributed by atoms with E-state index >= 15 is 0 Å². The maximum Gasteiger partial charge on any atom is 0.0400 e. The van der Waals surface area contributed by atoms with Gasteiger partial charge in [0.2, 0.25) is 0 Å². The highest BCUT2D eigenvalue weighted by atomic mass is 15.2. The van der Waals surface area contributed by atoms with Crippen molar-refractivity contribution in [3.63, 3.8) is 0 Å². The summed E-state index contributed by atoms with van der Waals surface area (Å²) in [7, 11) is 0. The molecule has 1 fully saturated rings. The molecule has 0 N–H and O–H groups in total. The normalized spacial score (nSPS) is 23.2. The number of nitrogens with zero attached hydrogens (tertiary/aromatic N) is 4. The van der Waals surface area contributed by atoms with Crippen molar-refractivity contribution in [2.24, 2.45) is 11.0 Å². The topological polar surface area (TPSA) is 52.0 Å². The van der Waals surface area contributed by atoms with Crippen molar-refractivity contribution in [3.8, 4) is 0 Å². The van der Waals surface area contributed by atoms with Crippen molar-refractivity contribution in [2.75, 3.05) is 0 Å². The average molecular weight is 334 g/mol. The van der Waals surface area contributed by atoms with Crippen LogP contribution < -0.4 is 0 Å². The quantitative estimate of drug-likeness (QED) is 0.388. The molecular formula is C21H26N4. The van der Waals surface area contributed by atoms with Crippen LogP contribution in [0.3, 0.4) is 0 Å². The highest BCUT2D eigenvalue weighted by Crippen LogP contribution is 2.31. The second kappa shape index (κ2) is 8.70. The van der Waals surface area contributed by atoms with Crippen molar-refractivity contribution in [1.29, 1.82) is 0 Å². The fourth-order valence-electron chi connectivity index (χ4n) is 3.87. The Morgan fingerprint density at radius 3 is 2.00 bits per heavy atom. The van der Waals surface area contributed by atoms with Gasteiger partial charge in [-0.25, -0.2) is 0 Å². The van der Waals surface area contributed by atoms with E-state index in [4.69, 9.17) is 5.53 Å². The fraction of sp³-hybridized carbons (Fsp3) is 0.429. The summed E-state index contributed by atoms with van der Waals surface area (Å²) in [5, 5.41) is 3.99. The molecular weight excluding hydrogens is 308 g/mol. The van der Waals surface area contributed by atoms with Gasteiger partial charge in [0.05, 0.1) is 0 Å². The number of benzene rings is 2. The Labute approximate surface area is 150 Å². The first-order valence-electron chi connectivity index (χ1n) is 9.12. The molecule has 3 unspecified atom stereocenters. The van der Waals surface area contributed by atoms with Crippen LogP contribution in [0.15, 0.2) is 65.8 Å². The van der Waals surface area contributed by atoms with Gasteiger partial charge in [0.15, 0.2) is 0 Å². The summed E-state index contributed by atoms with van der Waals surface area (Å²) < 4.78 is 0.